The number of nitrogens with zero attached hydrogens (tertiary/aromatic N) is 1. The maximum Gasteiger partial charge on any atom is 0.220 e. The fourth-order valence-electron chi connectivity index (χ4n) is 2.47. The summed E-state index contributed by atoms with van der Waals surface area (Å²) in [6.45, 7) is 4.85. The summed E-state index contributed by atoms with van der Waals surface area (Å²) in [5.74, 6) is 0.908. The molecule has 7 heteroatoms. The number of thiazole rings is 1. The number of aryl methyl sites for hydroxylation is 1. The Balaban J connectivity index is 0.00000312. The zero-order chi connectivity index (χ0) is 17.5. The standard InChI is InChI=1S/C18H25N3O2S.ClH/c1-12(20-16(22)6-5-11-19-3)17-13(2)21-18(24-17)14-7-9-15(23-4)10-8-14;/h7-10,12,19H,5-6,11H2,1-4H3,(H,20,22);1H. The molecule has 0 radical (unpaired) electrons. The van der Waals surface area contributed by atoms with Gasteiger partial charge in [-0.25, -0.2) is 4.98 Å². The Hall–Kier alpha value is -1.63. The van der Waals surface area contributed by atoms with Gasteiger partial charge in [-0.15, -0.1) is 23.7 Å². The fourth-order valence-corrected chi connectivity index (χ4v) is 3.55. The van der Waals surface area contributed by atoms with Crippen molar-refractivity contribution in [3.63, 3.8) is 0 Å². The van der Waals surface area contributed by atoms with Crippen LogP contribution in [0.4, 0.5) is 0 Å². The minimum atomic E-state index is -0.0309. The number of methoxy groups -OCH3 is 1. The second-order valence-corrected chi connectivity index (χ2v) is 6.72. The molecule has 2 rings (SSSR count). The lowest BCUT2D eigenvalue weighted by atomic mass is 10.2. The molecular weight excluding hydrogens is 358 g/mol. The molecule has 2 aromatic rings. The summed E-state index contributed by atoms with van der Waals surface area (Å²) in [6.07, 6.45) is 1.38. The quantitative estimate of drug-likeness (QED) is 0.682. The number of carbonyl (C=O) groups excluding carboxylic acids is 1. The van der Waals surface area contributed by atoms with Crippen LogP contribution in [-0.4, -0.2) is 31.6 Å². The van der Waals surface area contributed by atoms with E-state index in [1.54, 1.807) is 18.4 Å². The smallest absolute Gasteiger partial charge is 0.220 e. The summed E-state index contributed by atoms with van der Waals surface area (Å²) in [7, 11) is 3.55. The summed E-state index contributed by atoms with van der Waals surface area (Å²) >= 11 is 1.63. The van der Waals surface area contributed by atoms with Crippen LogP contribution in [-0.2, 0) is 4.79 Å². The Morgan fingerprint density at radius 1 is 1.32 bits per heavy atom. The molecule has 138 valence electrons. The van der Waals surface area contributed by atoms with Crippen LogP contribution < -0.4 is 15.4 Å². The van der Waals surface area contributed by atoms with Crippen LogP contribution in [0.2, 0.25) is 0 Å². The second kappa shape index (κ2) is 10.4. The Kier molecular flexibility index (Phi) is 8.89. The molecule has 1 aromatic carbocycles. The van der Waals surface area contributed by atoms with E-state index in [1.807, 2.05) is 45.2 Å². The van der Waals surface area contributed by atoms with E-state index < -0.39 is 0 Å². The zero-order valence-corrected chi connectivity index (χ0v) is 16.7. The number of aromatic nitrogens is 1. The van der Waals surface area contributed by atoms with Gasteiger partial charge in [-0.1, -0.05) is 0 Å². The largest absolute Gasteiger partial charge is 0.497 e. The van der Waals surface area contributed by atoms with Crippen LogP contribution in [0.5, 0.6) is 5.75 Å². The first-order chi connectivity index (χ1) is 11.5. The monoisotopic (exact) mass is 383 g/mol. The summed E-state index contributed by atoms with van der Waals surface area (Å²) in [4.78, 5) is 17.7. The van der Waals surface area contributed by atoms with E-state index in [9.17, 15) is 4.79 Å². The number of nitrogens with one attached hydrogen (secondary N) is 2. The summed E-state index contributed by atoms with van der Waals surface area (Å²) in [5, 5.41) is 7.07. The summed E-state index contributed by atoms with van der Waals surface area (Å²) in [5.41, 5.74) is 2.02. The molecule has 0 saturated heterocycles. The van der Waals surface area contributed by atoms with Crippen LogP contribution in [0.25, 0.3) is 10.6 Å². The van der Waals surface area contributed by atoms with Gasteiger partial charge in [0.15, 0.2) is 0 Å². The maximum absolute atomic E-state index is 12.0. The minimum Gasteiger partial charge on any atom is -0.497 e. The third-order valence-electron chi connectivity index (χ3n) is 3.77. The molecule has 2 N–H and O–H groups in total. The van der Waals surface area contributed by atoms with Crippen molar-refractivity contribution in [2.75, 3.05) is 20.7 Å². The van der Waals surface area contributed by atoms with Crippen molar-refractivity contribution in [2.24, 2.45) is 0 Å². The molecule has 1 heterocycles. The van der Waals surface area contributed by atoms with Gasteiger partial charge < -0.3 is 15.4 Å². The van der Waals surface area contributed by atoms with Crippen LogP contribution in [0.3, 0.4) is 0 Å². The highest BCUT2D eigenvalue weighted by Gasteiger charge is 2.17. The van der Waals surface area contributed by atoms with E-state index >= 15 is 0 Å². The van der Waals surface area contributed by atoms with Gasteiger partial charge in [-0.3, -0.25) is 4.79 Å². The lowest BCUT2D eigenvalue weighted by Crippen LogP contribution is -2.27. The van der Waals surface area contributed by atoms with E-state index in [4.69, 9.17) is 4.74 Å². The third-order valence-corrected chi connectivity index (χ3v) is 5.16. The average molecular weight is 384 g/mol. The first kappa shape index (κ1) is 21.4. The molecule has 0 saturated carbocycles. The molecule has 1 unspecified atom stereocenters. The first-order valence-corrected chi connectivity index (χ1v) is 8.92. The van der Waals surface area contributed by atoms with Crippen LogP contribution in [0, 0.1) is 6.92 Å². The summed E-state index contributed by atoms with van der Waals surface area (Å²) < 4.78 is 5.19. The van der Waals surface area contributed by atoms with Gasteiger partial charge in [0, 0.05) is 12.0 Å². The van der Waals surface area contributed by atoms with Crippen molar-refractivity contribution in [1.82, 2.24) is 15.6 Å². The number of hydrogen-bond donors (Lipinski definition) is 2. The topological polar surface area (TPSA) is 63.2 Å². The SMILES string of the molecule is CNCCCC(=O)NC(C)c1sc(-c2ccc(OC)cc2)nc1C.Cl. The van der Waals surface area contributed by atoms with Crippen molar-refractivity contribution in [1.29, 1.82) is 0 Å². The molecule has 0 spiro atoms. The first-order valence-electron chi connectivity index (χ1n) is 8.11. The van der Waals surface area contributed by atoms with E-state index in [1.165, 1.54) is 0 Å². The molecule has 0 bridgehead atoms. The molecule has 25 heavy (non-hydrogen) atoms. The minimum absolute atomic E-state index is 0. The van der Waals surface area contributed by atoms with Gasteiger partial charge in [0.1, 0.15) is 10.8 Å². The number of halogens is 1. The zero-order valence-electron chi connectivity index (χ0n) is 15.1. The lowest BCUT2D eigenvalue weighted by molar-refractivity contribution is -0.121. The van der Waals surface area contributed by atoms with Crippen LogP contribution in [0.15, 0.2) is 24.3 Å². The highest BCUT2D eigenvalue weighted by atomic mass is 35.5. The van der Waals surface area contributed by atoms with Gasteiger partial charge in [-0.05, 0) is 58.1 Å². The highest BCUT2D eigenvalue weighted by Crippen LogP contribution is 2.32. The van der Waals surface area contributed by atoms with Crippen molar-refractivity contribution >= 4 is 29.7 Å². The van der Waals surface area contributed by atoms with E-state index in [-0.39, 0.29) is 24.4 Å². The predicted octanol–water partition coefficient (Wildman–Crippen LogP) is 3.73. The normalized spacial score (nSPS) is 11.5. The number of ether oxygens (including phenoxy) is 1. The number of hydrogen-bond acceptors (Lipinski definition) is 5. The Morgan fingerprint density at radius 2 is 2.00 bits per heavy atom. The number of amides is 1. The number of rotatable bonds is 8. The van der Waals surface area contributed by atoms with Crippen LogP contribution >= 0.6 is 23.7 Å². The average Bonchev–Trinajstić information content (AvgIpc) is 2.97. The molecule has 1 amide bonds. The van der Waals surface area contributed by atoms with Gasteiger partial charge in [-0.2, -0.15) is 0 Å². The Bertz CT molecular complexity index is 673. The molecule has 0 fully saturated rings. The molecule has 5 nitrogen and oxygen atoms in total. The highest BCUT2D eigenvalue weighted by molar-refractivity contribution is 7.15. The maximum atomic E-state index is 12.0. The van der Waals surface area contributed by atoms with Gasteiger partial charge in [0.2, 0.25) is 5.91 Å². The van der Waals surface area contributed by atoms with Crippen molar-refractivity contribution < 1.29 is 9.53 Å². The van der Waals surface area contributed by atoms with E-state index in [0.717, 1.165) is 39.9 Å². The molecule has 0 aliphatic rings. The third kappa shape index (κ3) is 5.99. The van der Waals surface area contributed by atoms with E-state index in [0.29, 0.717) is 6.42 Å². The van der Waals surface area contributed by atoms with Gasteiger partial charge in [0.25, 0.3) is 0 Å². The van der Waals surface area contributed by atoms with Crippen molar-refractivity contribution in [3.05, 3.63) is 34.8 Å². The van der Waals surface area contributed by atoms with Gasteiger partial charge in [0.05, 0.1) is 23.7 Å². The number of benzene rings is 1. The van der Waals surface area contributed by atoms with E-state index in [2.05, 4.69) is 15.6 Å². The fraction of sp³-hybridized carbons (Fsp3) is 0.444. The molecule has 0 aliphatic carbocycles. The molecule has 1 atom stereocenters. The lowest BCUT2D eigenvalue weighted by Gasteiger charge is -2.12. The molecular formula is C18H26ClN3O2S. The van der Waals surface area contributed by atoms with Crippen molar-refractivity contribution in [2.45, 2.75) is 32.7 Å². The molecule has 0 aliphatic heterocycles. The molecule has 1 aromatic heterocycles. The Labute approximate surface area is 159 Å². The van der Waals surface area contributed by atoms with Crippen LogP contribution in [0.1, 0.15) is 36.4 Å². The van der Waals surface area contributed by atoms with Gasteiger partial charge >= 0.3 is 0 Å². The number of carbonyl (C=O) groups is 1. The second-order valence-electron chi connectivity index (χ2n) is 5.69. The predicted molar refractivity (Wildman–Crippen MR) is 106 cm³/mol. The summed E-state index contributed by atoms with van der Waals surface area (Å²) in [6, 6.07) is 7.83. The van der Waals surface area contributed by atoms with Crippen molar-refractivity contribution in [3.8, 4) is 16.3 Å². The Morgan fingerprint density at radius 3 is 2.60 bits per heavy atom.